The molecule has 0 amide bonds. The lowest BCUT2D eigenvalue weighted by molar-refractivity contribution is 0.163. The molecule has 0 spiro atoms. The van der Waals surface area contributed by atoms with E-state index in [-0.39, 0.29) is 24.0 Å². The zero-order valence-corrected chi connectivity index (χ0v) is 21.3. The summed E-state index contributed by atoms with van der Waals surface area (Å²) in [5.74, 6) is 3.40. The number of nitrogens with zero attached hydrogens (tertiary/aromatic N) is 4. The van der Waals surface area contributed by atoms with Crippen LogP contribution in [0.2, 0.25) is 0 Å². The van der Waals surface area contributed by atoms with Crippen LogP contribution in [0, 0.1) is 26.7 Å². The third-order valence-electron chi connectivity index (χ3n) is 5.93. The van der Waals surface area contributed by atoms with Crippen LogP contribution in [-0.2, 0) is 13.1 Å². The molecule has 0 saturated carbocycles. The summed E-state index contributed by atoms with van der Waals surface area (Å²) >= 11 is 0. The first-order valence-electron chi connectivity index (χ1n) is 10.6. The van der Waals surface area contributed by atoms with Gasteiger partial charge in [0.2, 0.25) is 5.89 Å². The van der Waals surface area contributed by atoms with Gasteiger partial charge in [-0.15, -0.1) is 24.0 Å². The molecule has 0 unspecified atom stereocenters. The molecule has 0 atom stereocenters. The standard InChI is InChI=1S/C23H35N5O.HI/c1-17-8-6-7-9-21(17)15-27(5)23(24-4)25-14-20-10-12-28(13-11-20)16-22-26-18(2)19(3)29-22;/h6-9,20H,10-16H2,1-5H3,(H,24,25);1H. The van der Waals surface area contributed by atoms with E-state index in [1.165, 1.54) is 24.0 Å². The fourth-order valence-electron chi connectivity index (χ4n) is 3.89. The monoisotopic (exact) mass is 525 g/mol. The Balaban J connectivity index is 0.00000320. The minimum absolute atomic E-state index is 0. The Morgan fingerprint density at radius 1 is 1.23 bits per heavy atom. The first kappa shape index (κ1) is 24.7. The lowest BCUT2D eigenvalue weighted by Crippen LogP contribution is -2.43. The molecule has 0 aliphatic carbocycles. The average molecular weight is 525 g/mol. The number of aliphatic imine (C=N–C) groups is 1. The predicted octanol–water partition coefficient (Wildman–Crippen LogP) is 4.14. The second-order valence-electron chi connectivity index (χ2n) is 8.18. The van der Waals surface area contributed by atoms with Gasteiger partial charge in [0.1, 0.15) is 5.76 Å². The summed E-state index contributed by atoms with van der Waals surface area (Å²) in [5, 5.41) is 3.58. The van der Waals surface area contributed by atoms with Gasteiger partial charge < -0.3 is 14.6 Å². The molecule has 0 radical (unpaired) electrons. The summed E-state index contributed by atoms with van der Waals surface area (Å²) in [6.45, 7) is 11.0. The molecule has 1 aromatic carbocycles. The summed E-state index contributed by atoms with van der Waals surface area (Å²) in [6.07, 6.45) is 2.37. The Morgan fingerprint density at radius 3 is 2.53 bits per heavy atom. The van der Waals surface area contributed by atoms with Crippen LogP contribution in [0.3, 0.4) is 0 Å². The van der Waals surface area contributed by atoms with E-state index in [9.17, 15) is 0 Å². The number of piperidine rings is 1. The molecule has 6 nitrogen and oxygen atoms in total. The number of benzene rings is 1. The van der Waals surface area contributed by atoms with Crippen LogP contribution in [0.25, 0.3) is 0 Å². The Morgan fingerprint density at radius 2 is 1.93 bits per heavy atom. The van der Waals surface area contributed by atoms with E-state index in [1.807, 2.05) is 20.9 Å². The maximum absolute atomic E-state index is 5.73. The van der Waals surface area contributed by atoms with E-state index in [0.29, 0.717) is 5.92 Å². The summed E-state index contributed by atoms with van der Waals surface area (Å²) in [5.41, 5.74) is 3.65. The van der Waals surface area contributed by atoms with Crippen LogP contribution in [0.5, 0.6) is 0 Å². The number of likely N-dealkylation sites (tertiary alicyclic amines) is 1. The highest BCUT2D eigenvalue weighted by molar-refractivity contribution is 14.0. The van der Waals surface area contributed by atoms with Crippen molar-refractivity contribution in [2.75, 3.05) is 33.7 Å². The molecule has 1 aliphatic rings. The predicted molar refractivity (Wildman–Crippen MR) is 133 cm³/mol. The van der Waals surface area contributed by atoms with Crippen molar-refractivity contribution in [3.8, 4) is 0 Å². The number of rotatable bonds is 6. The van der Waals surface area contributed by atoms with Crippen LogP contribution in [0.4, 0.5) is 0 Å². The molecule has 1 N–H and O–H groups in total. The lowest BCUT2D eigenvalue weighted by Gasteiger charge is -2.32. The molecule has 2 aromatic rings. The fraction of sp³-hybridized carbons (Fsp3) is 0.565. The molecule has 7 heteroatoms. The Labute approximate surface area is 198 Å². The average Bonchev–Trinajstić information content (AvgIpc) is 3.02. The van der Waals surface area contributed by atoms with Crippen LogP contribution in [0.1, 0.15) is 41.3 Å². The van der Waals surface area contributed by atoms with Gasteiger partial charge in [-0.05, 0) is 63.7 Å². The van der Waals surface area contributed by atoms with Gasteiger partial charge in [-0.25, -0.2) is 4.98 Å². The first-order chi connectivity index (χ1) is 14.0. The molecule has 0 bridgehead atoms. The molecule has 1 aliphatic heterocycles. The number of halogens is 1. The number of aryl methyl sites for hydroxylation is 3. The summed E-state index contributed by atoms with van der Waals surface area (Å²) in [4.78, 5) is 13.6. The van der Waals surface area contributed by atoms with E-state index in [0.717, 1.165) is 56.0 Å². The van der Waals surface area contributed by atoms with Crippen molar-refractivity contribution < 1.29 is 4.42 Å². The molecule has 3 rings (SSSR count). The highest BCUT2D eigenvalue weighted by Crippen LogP contribution is 2.19. The fourth-order valence-corrected chi connectivity index (χ4v) is 3.89. The maximum atomic E-state index is 5.73. The number of guanidine groups is 1. The smallest absolute Gasteiger partial charge is 0.208 e. The van der Waals surface area contributed by atoms with Gasteiger partial charge in [-0.3, -0.25) is 9.89 Å². The van der Waals surface area contributed by atoms with Crippen LogP contribution < -0.4 is 5.32 Å². The Hall–Kier alpha value is -1.61. The quantitative estimate of drug-likeness (QED) is 0.349. The van der Waals surface area contributed by atoms with Crippen molar-refractivity contribution >= 4 is 29.9 Å². The molecular formula is C23H36IN5O. The normalized spacial score (nSPS) is 15.7. The number of hydrogen-bond donors (Lipinski definition) is 1. The van der Waals surface area contributed by atoms with E-state index in [2.05, 4.69) is 63.3 Å². The topological polar surface area (TPSA) is 56.9 Å². The van der Waals surface area contributed by atoms with Gasteiger partial charge in [0.25, 0.3) is 0 Å². The molecule has 166 valence electrons. The zero-order chi connectivity index (χ0) is 20.8. The van der Waals surface area contributed by atoms with Crippen molar-refractivity contribution in [3.05, 3.63) is 52.7 Å². The van der Waals surface area contributed by atoms with E-state index < -0.39 is 0 Å². The lowest BCUT2D eigenvalue weighted by atomic mass is 9.97. The Kier molecular flexibility index (Phi) is 9.61. The summed E-state index contributed by atoms with van der Waals surface area (Å²) < 4.78 is 5.73. The number of aromatic nitrogens is 1. The highest BCUT2D eigenvalue weighted by Gasteiger charge is 2.21. The van der Waals surface area contributed by atoms with E-state index >= 15 is 0 Å². The highest BCUT2D eigenvalue weighted by atomic mass is 127. The maximum Gasteiger partial charge on any atom is 0.208 e. The van der Waals surface area contributed by atoms with E-state index in [1.54, 1.807) is 0 Å². The van der Waals surface area contributed by atoms with Crippen LogP contribution >= 0.6 is 24.0 Å². The van der Waals surface area contributed by atoms with Gasteiger partial charge in [-0.1, -0.05) is 24.3 Å². The SMILES string of the molecule is CN=C(NCC1CCN(Cc2nc(C)c(C)o2)CC1)N(C)Cc1ccccc1C.I. The largest absolute Gasteiger partial charge is 0.444 e. The van der Waals surface area contributed by atoms with Crippen molar-refractivity contribution in [3.63, 3.8) is 0 Å². The van der Waals surface area contributed by atoms with Gasteiger partial charge in [0.15, 0.2) is 5.96 Å². The first-order valence-corrected chi connectivity index (χ1v) is 10.6. The third-order valence-corrected chi connectivity index (χ3v) is 5.93. The van der Waals surface area contributed by atoms with Crippen LogP contribution in [-0.4, -0.2) is 54.5 Å². The van der Waals surface area contributed by atoms with Gasteiger partial charge >= 0.3 is 0 Å². The molecular weight excluding hydrogens is 489 g/mol. The van der Waals surface area contributed by atoms with Crippen molar-refractivity contribution in [1.82, 2.24) is 20.1 Å². The molecule has 30 heavy (non-hydrogen) atoms. The van der Waals surface area contributed by atoms with Crippen molar-refractivity contribution in [2.24, 2.45) is 10.9 Å². The van der Waals surface area contributed by atoms with Crippen molar-refractivity contribution in [1.29, 1.82) is 0 Å². The number of oxazole rings is 1. The third kappa shape index (κ3) is 6.70. The second-order valence-corrected chi connectivity index (χ2v) is 8.18. The molecule has 2 heterocycles. The number of nitrogens with one attached hydrogen (secondary N) is 1. The Bertz CT molecular complexity index is 807. The number of hydrogen-bond acceptors (Lipinski definition) is 4. The van der Waals surface area contributed by atoms with Crippen molar-refractivity contribution in [2.45, 2.75) is 46.7 Å². The van der Waals surface area contributed by atoms with Gasteiger partial charge in [0.05, 0.1) is 12.2 Å². The zero-order valence-electron chi connectivity index (χ0n) is 18.9. The van der Waals surface area contributed by atoms with Gasteiger partial charge in [-0.2, -0.15) is 0 Å². The minimum Gasteiger partial charge on any atom is -0.444 e. The second kappa shape index (κ2) is 11.7. The molecule has 1 fully saturated rings. The summed E-state index contributed by atoms with van der Waals surface area (Å²) in [7, 11) is 3.96. The summed E-state index contributed by atoms with van der Waals surface area (Å²) in [6, 6.07) is 8.53. The molecule has 1 saturated heterocycles. The van der Waals surface area contributed by atoms with Gasteiger partial charge in [0, 0.05) is 27.2 Å². The molecule has 1 aromatic heterocycles. The van der Waals surface area contributed by atoms with Crippen LogP contribution in [0.15, 0.2) is 33.7 Å². The van der Waals surface area contributed by atoms with E-state index in [4.69, 9.17) is 4.42 Å². The minimum atomic E-state index is 0.